The lowest BCUT2D eigenvalue weighted by molar-refractivity contribution is 0.107. The molecule has 19 heavy (non-hydrogen) atoms. The standard InChI is InChI=1S/C13H20ClNO3S/c1-2-19(17)8-7-15-9-11(16)10-18-13-6-4-3-5-12(13)14/h3-6,11,15-16H,2,7-10H2,1H3. The van der Waals surface area contributed by atoms with E-state index in [0.29, 0.717) is 35.4 Å². The molecule has 0 spiro atoms. The molecule has 6 heteroatoms. The topological polar surface area (TPSA) is 58.6 Å². The summed E-state index contributed by atoms with van der Waals surface area (Å²) in [6.07, 6.45) is -0.619. The molecule has 0 bridgehead atoms. The van der Waals surface area contributed by atoms with Crippen LogP contribution in [0.2, 0.25) is 5.02 Å². The Hall–Kier alpha value is -0.620. The number of hydrogen-bond donors (Lipinski definition) is 2. The van der Waals surface area contributed by atoms with Gasteiger partial charge in [-0.2, -0.15) is 0 Å². The maximum atomic E-state index is 11.2. The molecular weight excluding hydrogens is 286 g/mol. The molecule has 0 aromatic heterocycles. The SMILES string of the molecule is CCS(=O)CCNCC(O)COc1ccccc1Cl. The van der Waals surface area contributed by atoms with Crippen LogP contribution in [0, 0.1) is 0 Å². The Labute approximate surface area is 121 Å². The van der Waals surface area contributed by atoms with Gasteiger partial charge in [-0.3, -0.25) is 4.21 Å². The zero-order valence-corrected chi connectivity index (χ0v) is 12.5. The molecule has 1 rings (SSSR count). The highest BCUT2D eigenvalue weighted by molar-refractivity contribution is 7.84. The summed E-state index contributed by atoms with van der Waals surface area (Å²) >= 11 is 5.93. The third-order valence-corrected chi connectivity index (χ3v) is 4.09. The lowest BCUT2D eigenvalue weighted by Crippen LogP contribution is -2.33. The normalized spacial score (nSPS) is 14.1. The fraction of sp³-hybridized carbons (Fsp3) is 0.538. The number of hydrogen-bond acceptors (Lipinski definition) is 4. The van der Waals surface area contributed by atoms with Gasteiger partial charge in [-0.1, -0.05) is 30.7 Å². The molecule has 0 saturated heterocycles. The Morgan fingerprint density at radius 2 is 2.21 bits per heavy atom. The van der Waals surface area contributed by atoms with E-state index < -0.39 is 16.9 Å². The Morgan fingerprint density at radius 1 is 1.47 bits per heavy atom. The minimum absolute atomic E-state index is 0.174. The first kappa shape index (κ1) is 16.4. The molecule has 2 unspecified atom stereocenters. The van der Waals surface area contributed by atoms with Crippen molar-refractivity contribution in [2.75, 3.05) is 31.2 Å². The summed E-state index contributed by atoms with van der Waals surface area (Å²) in [5.74, 6) is 1.84. The van der Waals surface area contributed by atoms with Gasteiger partial charge in [0.15, 0.2) is 0 Å². The molecule has 0 amide bonds. The van der Waals surface area contributed by atoms with E-state index in [1.54, 1.807) is 12.1 Å². The van der Waals surface area contributed by atoms with E-state index in [2.05, 4.69) is 5.32 Å². The van der Waals surface area contributed by atoms with Crippen LogP contribution in [0.4, 0.5) is 0 Å². The Balaban J connectivity index is 2.16. The van der Waals surface area contributed by atoms with Crippen molar-refractivity contribution in [2.24, 2.45) is 0 Å². The van der Waals surface area contributed by atoms with Crippen molar-refractivity contribution in [1.82, 2.24) is 5.32 Å². The number of rotatable bonds is 9. The molecule has 2 N–H and O–H groups in total. The van der Waals surface area contributed by atoms with Gasteiger partial charge in [0.2, 0.25) is 0 Å². The smallest absolute Gasteiger partial charge is 0.138 e. The number of benzene rings is 1. The van der Waals surface area contributed by atoms with E-state index in [1.807, 2.05) is 19.1 Å². The van der Waals surface area contributed by atoms with Crippen LogP contribution >= 0.6 is 11.6 Å². The number of para-hydroxylation sites is 1. The van der Waals surface area contributed by atoms with Gasteiger partial charge in [-0.05, 0) is 12.1 Å². The van der Waals surface area contributed by atoms with E-state index in [4.69, 9.17) is 16.3 Å². The van der Waals surface area contributed by atoms with Crippen LogP contribution in [-0.4, -0.2) is 46.6 Å². The summed E-state index contributed by atoms with van der Waals surface area (Å²) in [5, 5.41) is 13.3. The highest BCUT2D eigenvalue weighted by atomic mass is 35.5. The molecule has 2 atom stereocenters. The Morgan fingerprint density at radius 3 is 2.89 bits per heavy atom. The van der Waals surface area contributed by atoms with Crippen LogP contribution in [0.25, 0.3) is 0 Å². The van der Waals surface area contributed by atoms with E-state index in [0.717, 1.165) is 0 Å². The average Bonchev–Trinajstić information content (AvgIpc) is 2.42. The molecule has 0 aliphatic carbocycles. The number of aliphatic hydroxyl groups is 1. The van der Waals surface area contributed by atoms with Gasteiger partial charge < -0.3 is 15.2 Å². The third kappa shape index (κ3) is 6.92. The molecule has 0 aliphatic heterocycles. The second-order valence-corrected chi connectivity index (χ2v) is 6.30. The summed E-state index contributed by atoms with van der Waals surface area (Å²) < 4.78 is 16.6. The second-order valence-electron chi connectivity index (χ2n) is 4.03. The summed E-state index contributed by atoms with van der Waals surface area (Å²) in [4.78, 5) is 0. The maximum Gasteiger partial charge on any atom is 0.138 e. The maximum absolute atomic E-state index is 11.2. The highest BCUT2D eigenvalue weighted by Gasteiger charge is 2.07. The largest absolute Gasteiger partial charge is 0.489 e. The van der Waals surface area contributed by atoms with Crippen molar-refractivity contribution in [1.29, 1.82) is 0 Å². The zero-order chi connectivity index (χ0) is 14.1. The fourth-order valence-corrected chi connectivity index (χ4v) is 2.26. The Kier molecular flexibility index (Phi) is 8.05. The van der Waals surface area contributed by atoms with E-state index >= 15 is 0 Å². The average molecular weight is 306 g/mol. The zero-order valence-electron chi connectivity index (χ0n) is 11.0. The predicted molar refractivity (Wildman–Crippen MR) is 79.4 cm³/mol. The van der Waals surface area contributed by atoms with Crippen molar-refractivity contribution < 1.29 is 14.1 Å². The van der Waals surface area contributed by atoms with Crippen molar-refractivity contribution in [3.63, 3.8) is 0 Å². The third-order valence-electron chi connectivity index (χ3n) is 2.48. The molecular formula is C13H20ClNO3S. The highest BCUT2D eigenvalue weighted by Crippen LogP contribution is 2.22. The van der Waals surface area contributed by atoms with Crippen molar-refractivity contribution >= 4 is 22.4 Å². The van der Waals surface area contributed by atoms with E-state index in [1.165, 1.54) is 0 Å². The molecule has 4 nitrogen and oxygen atoms in total. The van der Waals surface area contributed by atoms with E-state index in [9.17, 15) is 9.32 Å². The van der Waals surface area contributed by atoms with Crippen molar-refractivity contribution in [2.45, 2.75) is 13.0 Å². The van der Waals surface area contributed by atoms with Crippen molar-refractivity contribution in [3.05, 3.63) is 29.3 Å². The second kappa shape index (κ2) is 9.31. The quantitative estimate of drug-likeness (QED) is 0.678. The van der Waals surface area contributed by atoms with Crippen molar-refractivity contribution in [3.8, 4) is 5.75 Å². The summed E-state index contributed by atoms with van der Waals surface area (Å²) in [5.41, 5.74) is 0. The lowest BCUT2D eigenvalue weighted by Gasteiger charge is -2.13. The van der Waals surface area contributed by atoms with Gasteiger partial charge in [-0.25, -0.2) is 0 Å². The number of nitrogens with one attached hydrogen (secondary N) is 1. The van der Waals surface area contributed by atoms with Crippen LogP contribution in [0.15, 0.2) is 24.3 Å². The van der Waals surface area contributed by atoms with E-state index in [-0.39, 0.29) is 6.61 Å². The predicted octanol–water partition coefficient (Wildman–Crippen LogP) is 1.44. The van der Waals surface area contributed by atoms with Crippen LogP contribution < -0.4 is 10.1 Å². The molecule has 0 fully saturated rings. The molecule has 0 saturated carbocycles. The van der Waals surface area contributed by atoms with Crippen LogP contribution in [0.3, 0.4) is 0 Å². The monoisotopic (exact) mass is 305 g/mol. The molecule has 108 valence electrons. The van der Waals surface area contributed by atoms with Gasteiger partial charge in [0.25, 0.3) is 0 Å². The minimum atomic E-state index is -0.771. The van der Waals surface area contributed by atoms with Gasteiger partial charge >= 0.3 is 0 Å². The number of ether oxygens (including phenoxy) is 1. The van der Waals surface area contributed by atoms with Crippen LogP contribution in [0.1, 0.15) is 6.92 Å². The van der Waals surface area contributed by atoms with Gasteiger partial charge in [0.05, 0.1) is 5.02 Å². The lowest BCUT2D eigenvalue weighted by atomic mass is 10.3. The van der Waals surface area contributed by atoms with Crippen LogP contribution in [0.5, 0.6) is 5.75 Å². The summed E-state index contributed by atoms with van der Waals surface area (Å²) in [6.45, 7) is 3.10. The molecule has 1 aromatic carbocycles. The minimum Gasteiger partial charge on any atom is -0.489 e. The number of halogens is 1. The molecule has 0 aliphatic rings. The Bertz CT molecular complexity index is 403. The van der Waals surface area contributed by atoms with Crippen LogP contribution in [-0.2, 0) is 10.8 Å². The first-order valence-corrected chi connectivity index (χ1v) is 8.11. The molecule has 0 radical (unpaired) electrons. The van der Waals surface area contributed by atoms with Gasteiger partial charge in [0.1, 0.15) is 18.5 Å². The number of aliphatic hydroxyl groups excluding tert-OH is 1. The first-order valence-electron chi connectivity index (χ1n) is 6.24. The van der Waals surface area contributed by atoms with Gasteiger partial charge in [0, 0.05) is 35.4 Å². The fourth-order valence-electron chi connectivity index (χ4n) is 1.41. The summed E-state index contributed by atoms with van der Waals surface area (Å²) in [6, 6.07) is 7.14. The van der Waals surface area contributed by atoms with Gasteiger partial charge in [-0.15, -0.1) is 0 Å². The first-order chi connectivity index (χ1) is 9.13. The molecule has 1 aromatic rings. The summed E-state index contributed by atoms with van der Waals surface area (Å²) in [7, 11) is -0.771. The molecule has 0 heterocycles.